The van der Waals surface area contributed by atoms with Gasteiger partial charge in [0.05, 0.1) is 16.9 Å². The summed E-state index contributed by atoms with van der Waals surface area (Å²) < 4.78 is 7.68. The predicted octanol–water partition coefficient (Wildman–Crippen LogP) is 3.91. The Balaban J connectivity index is 1.49. The Morgan fingerprint density at radius 1 is 1.07 bits per heavy atom. The maximum Gasteiger partial charge on any atom is 0.270 e. The number of benzene rings is 1. The molecular weight excluding hydrogens is 340 g/mol. The van der Waals surface area contributed by atoms with E-state index in [0.29, 0.717) is 23.4 Å². The molecule has 0 unspecified atom stereocenters. The first-order chi connectivity index (χ1) is 13.3. The second-order valence-corrected chi connectivity index (χ2v) is 7.14. The third-order valence-corrected chi connectivity index (χ3v) is 5.34. The minimum Gasteiger partial charge on any atom is -0.419 e. The van der Waals surface area contributed by atoms with Gasteiger partial charge in [-0.25, -0.2) is 4.68 Å². The summed E-state index contributed by atoms with van der Waals surface area (Å²) in [7, 11) is 0. The normalized spacial score (nSPS) is 15.0. The zero-order chi connectivity index (χ0) is 18.2. The average molecular weight is 360 g/mol. The number of nitrogens with zero attached hydrogens (tertiary/aromatic N) is 6. The van der Waals surface area contributed by atoms with Gasteiger partial charge in [0.2, 0.25) is 5.89 Å². The lowest BCUT2D eigenvalue weighted by Crippen LogP contribution is -2.01. The van der Waals surface area contributed by atoms with Crippen molar-refractivity contribution in [3.8, 4) is 17.3 Å². The van der Waals surface area contributed by atoms with Crippen molar-refractivity contribution in [3.63, 3.8) is 0 Å². The van der Waals surface area contributed by atoms with E-state index in [9.17, 15) is 0 Å². The van der Waals surface area contributed by atoms with Gasteiger partial charge >= 0.3 is 0 Å². The minimum absolute atomic E-state index is 0.431. The molecule has 1 saturated carbocycles. The third-order valence-electron chi connectivity index (χ3n) is 5.34. The number of aromatic nitrogens is 6. The molecule has 1 aromatic carbocycles. The van der Waals surface area contributed by atoms with Crippen LogP contribution in [0.5, 0.6) is 0 Å². The third kappa shape index (κ3) is 2.89. The van der Waals surface area contributed by atoms with Crippen LogP contribution in [0.3, 0.4) is 0 Å². The molecule has 3 aromatic heterocycles. The Morgan fingerprint density at radius 3 is 2.81 bits per heavy atom. The topological polar surface area (TPSA) is 82.5 Å². The molecule has 7 heteroatoms. The summed E-state index contributed by atoms with van der Waals surface area (Å²) >= 11 is 0. The molecule has 0 saturated heterocycles. The fraction of sp³-hybridized carbons (Fsp3) is 0.350. The largest absolute Gasteiger partial charge is 0.419 e. The summed E-state index contributed by atoms with van der Waals surface area (Å²) in [6.07, 6.45) is 7.75. The van der Waals surface area contributed by atoms with Gasteiger partial charge in [-0.1, -0.05) is 36.3 Å². The molecule has 0 N–H and O–H groups in total. The zero-order valence-corrected chi connectivity index (χ0v) is 15.2. The first kappa shape index (κ1) is 16.1. The van der Waals surface area contributed by atoms with Crippen LogP contribution in [0.1, 0.15) is 37.3 Å². The van der Waals surface area contributed by atoms with Crippen molar-refractivity contribution in [1.29, 1.82) is 0 Å². The summed E-state index contributed by atoms with van der Waals surface area (Å²) in [5.41, 5.74) is 3.24. The van der Waals surface area contributed by atoms with Crippen molar-refractivity contribution < 1.29 is 4.42 Å². The number of fused-ring (bicyclic) bond motifs is 1. The van der Waals surface area contributed by atoms with Crippen molar-refractivity contribution in [3.05, 3.63) is 48.1 Å². The van der Waals surface area contributed by atoms with Gasteiger partial charge in [0.1, 0.15) is 0 Å². The second-order valence-electron chi connectivity index (χ2n) is 7.14. The Kier molecular flexibility index (Phi) is 3.92. The molecule has 1 aliphatic carbocycles. The SMILES string of the molecule is Cc1c(-c2nnc(CC3CCCC3)o2)nnn1-c1cccc2cccnc12. The molecule has 1 aliphatic rings. The molecule has 5 rings (SSSR count). The van der Waals surface area contributed by atoms with Gasteiger partial charge < -0.3 is 4.42 Å². The van der Waals surface area contributed by atoms with E-state index in [1.54, 1.807) is 10.9 Å². The molecular formula is C20H20N6O. The smallest absolute Gasteiger partial charge is 0.270 e. The maximum absolute atomic E-state index is 5.90. The highest BCUT2D eigenvalue weighted by atomic mass is 16.4. The number of pyridine rings is 1. The maximum atomic E-state index is 5.90. The zero-order valence-electron chi connectivity index (χ0n) is 15.2. The average Bonchev–Trinajstić information content (AvgIpc) is 3.44. The van der Waals surface area contributed by atoms with Crippen molar-refractivity contribution in [2.45, 2.75) is 39.0 Å². The van der Waals surface area contributed by atoms with E-state index in [4.69, 9.17) is 4.42 Å². The molecule has 0 radical (unpaired) electrons. The van der Waals surface area contributed by atoms with Crippen molar-refractivity contribution in [1.82, 2.24) is 30.2 Å². The number of hydrogen-bond donors (Lipinski definition) is 0. The van der Waals surface area contributed by atoms with E-state index in [1.807, 2.05) is 37.3 Å². The summed E-state index contributed by atoms with van der Waals surface area (Å²) in [5, 5.41) is 18.1. The number of para-hydroxylation sites is 1. The summed E-state index contributed by atoms with van der Waals surface area (Å²) in [4.78, 5) is 4.50. The highest BCUT2D eigenvalue weighted by Crippen LogP contribution is 2.29. The van der Waals surface area contributed by atoms with Crippen molar-refractivity contribution in [2.24, 2.45) is 5.92 Å². The molecule has 0 bridgehead atoms. The van der Waals surface area contributed by atoms with Crippen LogP contribution in [0.4, 0.5) is 0 Å². The van der Waals surface area contributed by atoms with E-state index < -0.39 is 0 Å². The molecule has 0 aliphatic heterocycles. The van der Waals surface area contributed by atoms with Gasteiger partial charge in [-0.2, -0.15) is 0 Å². The summed E-state index contributed by atoms with van der Waals surface area (Å²) in [6, 6.07) is 9.97. The molecule has 1 fully saturated rings. The van der Waals surface area contributed by atoms with Crippen LogP contribution in [0, 0.1) is 12.8 Å². The van der Waals surface area contributed by atoms with Crippen LogP contribution in [0.15, 0.2) is 40.9 Å². The highest BCUT2D eigenvalue weighted by Gasteiger charge is 2.22. The summed E-state index contributed by atoms with van der Waals surface area (Å²) in [5.74, 6) is 1.79. The first-order valence-electron chi connectivity index (χ1n) is 9.39. The van der Waals surface area contributed by atoms with Crippen LogP contribution in [-0.4, -0.2) is 30.2 Å². The Morgan fingerprint density at radius 2 is 1.93 bits per heavy atom. The lowest BCUT2D eigenvalue weighted by Gasteiger charge is -2.06. The van der Waals surface area contributed by atoms with Crippen LogP contribution in [-0.2, 0) is 6.42 Å². The van der Waals surface area contributed by atoms with Gasteiger partial charge in [-0.15, -0.1) is 15.3 Å². The monoisotopic (exact) mass is 360 g/mol. The van der Waals surface area contributed by atoms with Crippen LogP contribution in [0.25, 0.3) is 28.2 Å². The molecule has 4 aromatic rings. The fourth-order valence-corrected chi connectivity index (χ4v) is 3.91. The molecule has 3 heterocycles. The van der Waals surface area contributed by atoms with Crippen molar-refractivity contribution >= 4 is 10.9 Å². The molecule has 0 spiro atoms. The Hall–Kier alpha value is -3.09. The van der Waals surface area contributed by atoms with Crippen molar-refractivity contribution in [2.75, 3.05) is 0 Å². The van der Waals surface area contributed by atoms with E-state index in [-0.39, 0.29) is 0 Å². The van der Waals surface area contributed by atoms with Crippen LogP contribution in [0.2, 0.25) is 0 Å². The van der Waals surface area contributed by atoms with Crippen LogP contribution < -0.4 is 0 Å². The molecule has 0 amide bonds. The quantitative estimate of drug-likeness (QED) is 0.549. The first-order valence-corrected chi connectivity index (χ1v) is 9.39. The molecule has 7 nitrogen and oxygen atoms in total. The number of rotatable bonds is 4. The fourth-order valence-electron chi connectivity index (χ4n) is 3.91. The lowest BCUT2D eigenvalue weighted by atomic mass is 10.0. The number of hydrogen-bond acceptors (Lipinski definition) is 6. The van der Waals surface area contributed by atoms with Gasteiger partial charge in [0, 0.05) is 18.0 Å². The molecule has 27 heavy (non-hydrogen) atoms. The van der Waals surface area contributed by atoms with Gasteiger partial charge in [0.25, 0.3) is 5.89 Å². The van der Waals surface area contributed by atoms with E-state index in [0.717, 1.165) is 28.7 Å². The predicted molar refractivity (Wildman–Crippen MR) is 100 cm³/mol. The van der Waals surface area contributed by atoms with Crippen LogP contribution >= 0.6 is 0 Å². The van der Waals surface area contributed by atoms with E-state index >= 15 is 0 Å². The lowest BCUT2D eigenvalue weighted by molar-refractivity contribution is 0.437. The Bertz CT molecular complexity index is 1090. The van der Waals surface area contributed by atoms with E-state index in [1.165, 1.54) is 25.7 Å². The Labute approximate surface area is 156 Å². The standard InChI is InChI=1S/C20H20N6O/c1-13-18(20-24-22-17(27-20)12-14-6-2-3-7-14)23-25-26(13)16-10-4-8-15-9-5-11-21-19(15)16/h4-5,8-11,14H,2-3,6-7,12H2,1H3. The van der Waals surface area contributed by atoms with Gasteiger partial charge in [-0.05, 0) is 37.8 Å². The minimum atomic E-state index is 0.431. The van der Waals surface area contributed by atoms with E-state index in [2.05, 4.69) is 25.5 Å². The highest BCUT2D eigenvalue weighted by molar-refractivity contribution is 5.86. The summed E-state index contributed by atoms with van der Waals surface area (Å²) in [6.45, 7) is 1.96. The van der Waals surface area contributed by atoms with Gasteiger partial charge in [-0.3, -0.25) is 4.98 Å². The molecule has 0 atom stereocenters. The second kappa shape index (κ2) is 6.57. The molecule has 136 valence electrons. The van der Waals surface area contributed by atoms with Gasteiger partial charge in [0.15, 0.2) is 5.69 Å².